The molecule has 0 spiro atoms. The van der Waals surface area contributed by atoms with Crippen LogP contribution in [0.5, 0.6) is 0 Å². The van der Waals surface area contributed by atoms with Crippen molar-refractivity contribution in [2.24, 2.45) is 0 Å². The van der Waals surface area contributed by atoms with Crippen molar-refractivity contribution in [1.29, 1.82) is 0 Å². The summed E-state index contributed by atoms with van der Waals surface area (Å²) in [5.74, 6) is 0.0602. The topological polar surface area (TPSA) is 99.6 Å². The van der Waals surface area contributed by atoms with E-state index in [1.54, 1.807) is 18.2 Å². The molecule has 0 aliphatic heterocycles. The Balaban J connectivity index is 1.39. The Morgan fingerprint density at radius 3 is 2.81 bits per heavy atom. The van der Waals surface area contributed by atoms with Gasteiger partial charge in [-0.1, -0.05) is 53.7 Å². The zero-order chi connectivity index (χ0) is 21.4. The van der Waals surface area contributed by atoms with Gasteiger partial charge in [0.25, 0.3) is 5.56 Å². The van der Waals surface area contributed by atoms with Crippen LogP contribution in [0.15, 0.2) is 63.9 Å². The predicted molar refractivity (Wildman–Crippen MR) is 115 cm³/mol. The van der Waals surface area contributed by atoms with Crippen LogP contribution in [-0.4, -0.2) is 25.7 Å². The fourth-order valence-corrected chi connectivity index (χ4v) is 4.06. The molecule has 8 nitrogen and oxygen atoms in total. The summed E-state index contributed by atoms with van der Waals surface area (Å²) >= 11 is 1.34. The minimum Gasteiger partial charge on any atom is -0.456 e. The second kappa shape index (κ2) is 7.77. The summed E-state index contributed by atoms with van der Waals surface area (Å²) in [4.78, 5) is 29.7. The smallest absolute Gasteiger partial charge is 0.338 e. The molecule has 3 aromatic heterocycles. The van der Waals surface area contributed by atoms with Crippen LogP contribution in [-0.2, 0) is 17.8 Å². The molecule has 0 atom stereocenters. The molecule has 0 aliphatic rings. The molecule has 9 heteroatoms. The van der Waals surface area contributed by atoms with Gasteiger partial charge in [0.05, 0.1) is 16.6 Å². The monoisotopic (exact) mass is 432 g/mol. The molecule has 0 aliphatic carbocycles. The number of hydrogen-bond donors (Lipinski definition) is 0. The fourth-order valence-electron chi connectivity index (χ4n) is 3.20. The first-order valence-electron chi connectivity index (χ1n) is 9.63. The standard InChI is InChI=1S/C22H16N4O4S/c1-2-18-24-26-19(27)11-15(23-22(26)31-18)12-29-21(28)14-8-9-17-16(10-14)20(30-25-17)13-6-4-3-5-7-13/h3-11H,2,12H2,1H3. The lowest BCUT2D eigenvalue weighted by molar-refractivity contribution is 0.0468. The molecule has 2 aromatic carbocycles. The molecule has 0 N–H and O–H groups in total. The molecule has 3 heterocycles. The summed E-state index contributed by atoms with van der Waals surface area (Å²) in [6, 6.07) is 15.9. The zero-order valence-electron chi connectivity index (χ0n) is 16.4. The highest BCUT2D eigenvalue weighted by Gasteiger charge is 2.16. The average Bonchev–Trinajstić information content (AvgIpc) is 3.42. The summed E-state index contributed by atoms with van der Waals surface area (Å²) in [6.45, 7) is 1.85. The summed E-state index contributed by atoms with van der Waals surface area (Å²) in [7, 11) is 0. The molecule has 154 valence electrons. The summed E-state index contributed by atoms with van der Waals surface area (Å²) in [6.07, 6.45) is 0.716. The second-order valence-electron chi connectivity index (χ2n) is 6.82. The van der Waals surface area contributed by atoms with Crippen molar-refractivity contribution >= 4 is 33.2 Å². The van der Waals surface area contributed by atoms with Gasteiger partial charge in [-0.05, 0) is 24.6 Å². The van der Waals surface area contributed by atoms with E-state index in [2.05, 4.69) is 15.2 Å². The van der Waals surface area contributed by atoms with E-state index in [4.69, 9.17) is 9.26 Å². The molecule has 0 bridgehead atoms. The Hall–Kier alpha value is -3.85. The summed E-state index contributed by atoms with van der Waals surface area (Å²) in [5, 5.41) is 9.80. The number of hydrogen-bond acceptors (Lipinski definition) is 8. The van der Waals surface area contributed by atoms with E-state index in [1.165, 1.54) is 21.9 Å². The van der Waals surface area contributed by atoms with E-state index >= 15 is 0 Å². The largest absolute Gasteiger partial charge is 0.456 e. The van der Waals surface area contributed by atoms with Crippen molar-refractivity contribution < 1.29 is 14.1 Å². The predicted octanol–water partition coefficient (Wildman–Crippen LogP) is 3.88. The summed E-state index contributed by atoms with van der Waals surface area (Å²) < 4.78 is 12.1. The third-order valence-corrected chi connectivity index (χ3v) is 5.79. The molecule has 5 rings (SSSR count). The highest BCUT2D eigenvalue weighted by Crippen LogP contribution is 2.29. The van der Waals surface area contributed by atoms with Gasteiger partial charge in [0.15, 0.2) is 5.76 Å². The van der Waals surface area contributed by atoms with Gasteiger partial charge >= 0.3 is 5.97 Å². The lowest BCUT2D eigenvalue weighted by atomic mass is 10.1. The van der Waals surface area contributed by atoms with Crippen molar-refractivity contribution in [3.05, 3.63) is 81.2 Å². The van der Waals surface area contributed by atoms with Gasteiger partial charge < -0.3 is 9.26 Å². The fraction of sp³-hybridized carbons (Fsp3) is 0.136. The highest BCUT2D eigenvalue weighted by atomic mass is 32.1. The number of carbonyl (C=O) groups is 1. The Bertz CT molecular complexity index is 1470. The van der Waals surface area contributed by atoms with Crippen molar-refractivity contribution in [3.63, 3.8) is 0 Å². The van der Waals surface area contributed by atoms with Gasteiger partial charge in [0.1, 0.15) is 17.1 Å². The second-order valence-corrected chi connectivity index (χ2v) is 7.86. The molecule has 5 aromatic rings. The van der Waals surface area contributed by atoms with Gasteiger partial charge in [-0.3, -0.25) is 4.79 Å². The van der Waals surface area contributed by atoms with Gasteiger partial charge in [-0.2, -0.15) is 9.61 Å². The molecule has 31 heavy (non-hydrogen) atoms. The first-order chi connectivity index (χ1) is 15.1. The third kappa shape index (κ3) is 3.59. The molecule has 0 saturated carbocycles. The number of nitrogens with zero attached hydrogens (tertiary/aromatic N) is 4. The minimum atomic E-state index is -0.525. The van der Waals surface area contributed by atoms with E-state index in [9.17, 15) is 9.59 Å². The van der Waals surface area contributed by atoms with Gasteiger partial charge in [-0.25, -0.2) is 9.78 Å². The number of carbonyl (C=O) groups excluding carboxylic acids is 1. The lowest BCUT2D eigenvalue weighted by Gasteiger charge is -2.05. The van der Waals surface area contributed by atoms with Crippen LogP contribution in [0.25, 0.3) is 27.2 Å². The Morgan fingerprint density at radius 2 is 2.00 bits per heavy atom. The van der Waals surface area contributed by atoms with Gasteiger partial charge in [0, 0.05) is 11.6 Å². The SMILES string of the molecule is CCc1nn2c(=O)cc(COC(=O)c3ccc4noc(-c5ccccc5)c4c3)nc2s1. The normalized spacial score (nSPS) is 11.3. The van der Waals surface area contributed by atoms with Crippen molar-refractivity contribution in [1.82, 2.24) is 19.8 Å². The van der Waals surface area contributed by atoms with E-state index < -0.39 is 5.97 Å². The van der Waals surface area contributed by atoms with Crippen LogP contribution in [0, 0.1) is 0 Å². The highest BCUT2D eigenvalue weighted by molar-refractivity contribution is 7.16. The first kappa shape index (κ1) is 19.1. The maximum absolute atomic E-state index is 12.6. The van der Waals surface area contributed by atoms with E-state index in [0.29, 0.717) is 33.9 Å². The van der Waals surface area contributed by atoms with Crippen LogP contribution in [0.2, 0.25) is 0 Å². The van der Waals surface area contributed by atoms with E-state index in [1.807, 2.05) is 37.3 Å². The average molecular weight is 432 g/mol. The quantitative estimate of drug-likeness (QED) is 0.389. The number of fused-ring (bicyclic) bond motifs is 2. The van der Waals surface area contributed by atoms with Crippen molar-refractivity contribution in [3.8, 4) is 11.3 Å². The van der Waals surface area contributed by atoms with Crippen LogP contribution in [0.3, 0.4) is 0 Å². The molecule has 0 amide bonds. The number of rotatable bonds is 5. The maximum atomic E-state index is 12.6. The van der Waals surface area contributed by atoms with E-state index in [0.717, 1.165) is 16.0 Å². The number of aromatic nitrogens is 4. The molecule has 0 saturated heterocycles. The molecular formula is C22H16N4O4S. The number of esters is 1. The zero-order valence-corrected chi connectivity index (χ0v) is 17.3. The molecule has 0 unspecified atom stereocenters. The van der Waals surface area contributed by atoms with Crippen LogP contribution in [0.4, 0.5) is 0 Å². The third-order valence-electron chi connectivity index (χ3n) is 4.74. The number of aryl methyl sites for hydroxylation is 1. The Labute approximate surface area is 179 Å². The Morgan fingerprint density at radius 1 is 1.16 bits per heavy atom. The molecule has 0 radical (unpaired) electrons. The summed E-state index contributed by atoms with van der Waals surface area (Å²) in [5.41, 5.74) is 1.94. The number of benzene rings is 2. The minimum absolute atomic E-state index is 0.114. The first-order valence-corrected chi connectivity index (χ1v) is 10.4. The molecule has 0 fully saturated rings. The van der Waals surface area contributed by atoms with E-state index in [-0.39, 0.29) is 12.2 Å². The molecular weight excluding hydrogens is 416 g/mol. The lowest BCUT2D eigenvalue weighted by Crippen LogP contribution is -2.16. The van der Waals surface area contributed by atoms with Gasteiger partial charge in [-0.15, -0.1) is 0 Å². The van der Waals surface area contributed by atoms with Crippen molar-refractivity contribution in [2.45, 2.75) is 20.0 Å². The van der Waals surface area contributed by atoms with Crippen molar-refractivity contribution in [2.75, 3.05) is 0 Å². The van der Waals surface area contributed by atoms with Crippen LogP contribution >= 0.6 is 11.3 Å². The van der Waals surface area contributed by atoms with Gasteiger partial charge in [0.2, 0.25) is 4.96 Å². The number of ether oxygens (including phenoxy) is 1. The maximum Gasteiger partial charge on any atom is 0.338 e. The van der Waals surface area contributed by atoms with Crippen LogP contribution < -0.4 is 5.56 Å². The Kier molecular flexibility index (Phi) is 4.79. The van der Waals surface area contributed by atoms with Crippen LogP contribution in [0.1, 0.15) is 28.0 Å².